The van der Waals surface area contributed by atoms with Gasteiger partial charge in [0, 0.05) is 11.3 Å². The molecule has 8 heteroatoms. The number of amides is 1. The number of hydrogen-bond donors (Lipinski definition) is 1. The molecule has 0 unspecified atom stereocenters. The average Bonchev–Trinajstić information content (AvgIpc) is 3.29. The van der Waals surface area contributed by atoms with Crippen LogP contribution in [0.1, 0.15) is 16.3 Å². The summed E-state index contributed by atoms with van der Waals surface area (Å²) in [5.41, 5.74) is 2.21. The molecule has 2 heterocycles. The van der Waals surface area contributed by atoms with Gasteiger partial charge in [-0.1, -0.05) is 11.8 Å². The fraction of sp³-hybridized carbons (Fsp3) is 0.0870. The molecule has 0 saturated carbocycles. The van der Waals surface area contributed by atoms with Crippen LogP contribution in [0.5, 0.6) is 5.75 Å². The number of nitrogens with one attached hydrogen (secondary N) is 1. The standard InChI is InChI=1S/C23H18FN3O3S/c1-29-18-8-2-15(3-9-18)20-11-13-22(27-26-20)31-14-19-10-12-21(30-19)23(28)25-17-6-4-16(24)5-7-17/h2-13H,14H2,1H3,(H,25,28). The molecule has 4 aromatic rings. The molecule has 1 amide bonds. The van der Waals surface area contributed by atoms with E-state index >= 15 is 0 Å². The number of carbonyl (C=O) groups is 1. The minimum absolute atomic E-state index is 0.181. The molecule has 0 aliphatic heterocycles. The lowest BCUT2D eigenvalue weighted by Gasteiger charge is -2.04. The number of benzene rings is 2. The summed E-state index contributed by atoms with van der Waals surface area (Å²) in [5, 5.41) is 11.9. The molecule has 0 aliphatic carbocycles. The lowest BCUT2D eigenvalue weighted by Crippen LogP contribution is -2.10. The normalized spacial score (nSPS) is 10.6. The molecule has 2 aromatic carbocycles. The number of thioether (sulfide) groups is 1. The number of carbonyl (C=O) groups excluding carboxylic acids is 1. The third kappa shape index (κ3) is 5.29. The average molecular weight is 435 g/mol. The zero-order chi connectivity index (χ0) is 21.6. The lowest BCUT2D eigenvalue weighted by molar-refractivity contribution is 0.0995. The number of ether oxygens (including phenoxy) is 1. The van der Waals surface area contributed by atoms with Gasteiger partial charge in [0.2, 0.25) is 0 Å². The zero-order valence-electron chi connectivity index (χ0n) is 16.5. The molecule has 31 heavy (non-hydrogen) atoms. The van der Waals surface area contributed by atoms with Crippen molar-refractivity contribution in [3.05, 3.63) is 90.1 Å². The zero-order valence-corrected chi connectivity index (χ0v) is 17.4. The van der Waals surface area contributed by atoms with Crippen LogP contribution < -0.4 is 10.1 Å². The molecule has 1 N–H and O–H groups in total. The monoisotopic (exact) mass is 435 g/mol. The maximum absolute atomic E-state index is 13.0. The number of rotatable bonds is 7. The van der Waals surface area contributed by atoms with Crippen molar-refractivity contribution in [2.24, 2.45) is 0 Å². The summed E-state index contributed by atoms with van der Waals surface area (Å²) in [6.45, 7) is 0. The van der Waals surface area contributed by atoms with Crippen molar-refractivity contribution in [2.45, 2.75) is 10.8 Å². The topological polar surface area (TPSA) is 77.2 Å². The van der Waals surface area contributed by atoms with E-state index in [2.05, 4.69) is 15.5 Å². The molecule has 0 fully saturated rings. The number of furan rings is 1. The van der Waals surface area contributed by atoms with Crippen molar-refractivity contribution in [1.82, 2.24) is 10.2 Å². The summed E-state index contributed by atoms with van der Waals surface area (Å²) in [6.07, 6.45) is 0. The SMILES string of the molecule is COc1ccc(-c2ccc(SCc3ccc(C(=O)Nc4ccc(F)cc4)o3)nn2)cc1. The molecule has 0 bridgehead atoms. The third-order valence-electron chi connectivity index (χ3n) is 4.38. The Morgan fingerprint density at radius 2 is 1.77 bits per heavy atom. The summed E-state index contributed by atoms with van der Waals surface area (Å²) < 4.78 is 23.7. The molecule has 0 radical (unpaired) electrons. The number of hydrogen-bond acceptors (Lipinski definition) is 6. The molecule has 0 spiro atoms. The first-order chi connectivity index (χ1) is 15.1. The second-order valence-corrected chi connectivity index (χ2v) is 7.50. The number of anilines is 1. The van der Waals surface area contributed by atoms with Crippen molar-refractivity contribution >= 4 is 23.4 Å². The van der Waals surface area contributed by atoms with Crippen LogP contribution in [-0.2, 0) is 5.75 Å². The molecule has 4 rings (SSSR count). The number of methoxy groups -OCH3 is 1. The highest BCUT2D eigenvalue weighted by Crippen LogP contribution is 2.25. The quantitative estimate of drug-likeness (QED) is 0.390. The number of aromatic nitrogens is 2. The van der Waals surface area contributed by atoms with Crippen LogP contribution in [0.3, 0.4) is 0 Å². The van der Waals surface area contributed by atoms with Gasteiger partial charge in [-0.3, -0.25) is 4.79 Å². The van der Waals surface area contributed by atoms with E-state index in [4.69, 9.17) is 9.15 Å². The van der Waals surface area contributed by atoms with Gasteiger partial charge >= 0.3 is 0 Å². The Kier molecular flexibility index (Phi) is 6.28. The minimum atomic E-state index is -0.397. The molecular weight excluding hydrogens is 417 g/mol. The third-order valence-corrected chi connectivity index (χ3v) is 5.32. The molecule has 6 nitrogen and oxygen atoms in total. The Morgan fingerprint density at radius 3 is 2.45 bits per heavy atom. The summed E-state index contributed by atoms with van der Waals surface area (Å²) in [5.74, 6) is 1.34. The fourth-order valence-electron chi connectivity index (χ4n) is 2.76. The van der Waals surface area contributed by atoms with Gasteiger partial charge in [-0.05, 0) is 72.8 Å². The van der Waals surface area contributed by atoms with Crippen LogP contribution >= 0.6 is 11.8 Å². The van der Waals surface area contributed by atoms with Gasteiger partial charge in [0.1, 0.15) is 22.4 Å². The van der Waals surface area contributed by atoms with Crippen LogP contribution in [-0.4, -0.2) is 23.2 Å². The number of halogens is 1. The number of nitrogens with zero attached hydrogens (tertiary/aromatic N) is 2. The molecule has 0 saturated heterocycles. The fourth-order valence-corrected chi connectivity index (χ4v) is 3.47. The van der Waals surface area contributed by atoms with E-state index in [9.17, 15) is 9.18 Å². The van der Waals surface area contributed by atoms with Crippen LogP contribution in [0.2, 0.25) is 0 Å². The van der Waals surface area contributed by atoms with Crippen molar-refractivity contribution in [3.8, 4) is 17.0 Å². The summed E-state index contributed by atoms with van der Waals surface area (Å²) >= 11 is 1.45. The van der Waals surface area contributed by atoms with E-state index in [1.54, 1.807) is 19.2 Å². The van der Waals surface area contributed by atoms with Gasteiger partial charge < -0.3 is 14.5 Å². The Morgan fingerprint density at radius 1 is 1.00 bits per heavy atom. The Hall–Kier alpha value is -3.65. The van der Waals surface area contributed by atoms with Crippen molar-refractivity contribution in [2.75, 3.05) is 12.4 Å². The highest BCUT2D eigenvalue weighted by Gasteiger charge is 2.12. The van der Waals surface area contributed by atoms with Crippen LogP contribution in [0.4, 0.5) is 10.1 Å². The van der Waals surface area contributed by atoms with Crippen LogP contribution in [0.15, 0.2) is 82.2 Å². The second kappa shape index (κ2) is 9.44. The molecule has 0 atom stereocenters. The summed E-state index contributed by atoms with van der Waals surface area (Å²) in [4.78, 5) is 12.3. The van der Waals surface area contributed by atoms with Crippen molar-refractivity contribution in [3.63, 3.8) is 0 Å². The van der Waals surface area contributed by atoms with E-state index in [1.165, 1.54) is 36.0 Å². The van der Waals surface area contributed by atoms with Gasteiger partial charge in [-0.25, -0.2) is 4.39 Å². The van der Waals surface area contributed by atoms with E-state index < -0.39 is 5.91 Å². The first-order valence-corrected chi connectivity index (χ1v) is 10.4. The highest BCUT2D eigenvalue weighted by atomic mass is 32.2. The van der Waals surface area contributed by atoms with Gasteiger partial charge in [-0.15, -0.1) is 10.2 Å². The maximum Gasteiger partial charge on any atom is 0.291 e. The predicted octanol–water partition coefficient (Wildman–Crippen LogP) is 5.43. The van der Waals surface area contributed by atoms with Crippen LogP contribution in [0.25, 0.3) is 11.3 Å². The highest BCUT2D eigenvalue weighted by molar-refractivity contribution is 7.98. The molecule has 2 aromatic heterocycles. The minimum Gasteiger partial charge on any atom is -0.497 e. The molecule has 156 valence electrons. The van der Waals surface area contributed by atoms with Crippen molar-refractivity contribution in [1.29, 1.82) is 0 Å². The summed E-state index contributed by atoms with van der Waals surface area (Å²) in [7, 11) is 1.63. The van der Waals surface area contributed by atoms with E-state index in [0.29, 0.717) is 17.2 Å². The maximum atomic E-state index is 13.0. The van der Waals surface area contributed by atoms with Gasteiger partial charge in [-0.2, -0.15) is 0 Å². The van der Waals surface area contributed by atoms with Gasteiger partial charge in [0.15, 0.2) is 5.76 Å². The van der Waals surface area contributed by atoms with Crippen molar-refractivity contribution < 1.29 is 18.3 Å². The first-order valence-electron chi connectivity index (χ1n) is 9.37. The predicted molar refractivity (Wildman–Crippen MR) is 117 cm³/mol. The van der Waals surface area contributed by atoms with E-state index in [-0.39, 0.29) is 11.6 Å². The van der Waals surface area contributed by atoms with Gasteiger partial charge in [0.25, 0.3) is 5.91 Å². The second-order valence-electron chi connectivity index (χ2n) is 6.50. The molecule has 0 aliphatic rings. The first kappa shape index (κ1) is 20.6. The smallest absolute Gasteiger partial charge is 0.291 e. The Balaban J connectivity index is 1.33. The summed E-state index contributed by atoms with van der Waals surface area (Å²) in [6, 6.07) is 20.3. The van der Waals surface area contributed by atoms with Gasteiger partial charge in [0.05, 0.1) is 18.6 Å². The largest absolute Gasteiger partial charge is 0.497 e. The Bertz CT molecular complexity index is 1160. The van der Waals surface area contributed by atoms with E-state index in [1.807, 2.05) is 36.4 Å². The lowest BCUT2D eigenvalue weighted by atomic mass is 10.1. The van der Waals surface area contributed by atoms with Crippen LogP contribution in [0, 0.1) is 5.82 Å². The van der Waals surface area contributed by atoms with E-state index in [0.717, 1.165) is 22.0 Å². The Labute approximate surface area is 182 Å². The molecular formula is C23H18FN3O3S.